The molecule has 3 aromatic rings. The van der Waals surface area contributed by atoms with Gasteiger partial charge in [-0.3, -0.25) is 4.79 Å². The second-order valence-electron chi connectivity index (χ2n) is 7.78. The largest absolute Gasteiger partial charge is 0.382 e. The molecule has 2 aliphatic rings. The molecule has 1 aliphatic heterocycles. The number of carbonyl (C=O) groups is 1. The van der Waals surface area contributed by atoms with Gasteiger partial charge in [0.25, 0.3) is 0 Å². The summed E-state index contributed by atoms with van der Waals surface area (Å²) in [7, 11) is 0. The lowest BCUT2D eigenvalue weighted by molar-refractivity contribution is 0.104. The van der Waals surface area contributed by atoms with Gasteiger partial charge in [0.15, 0.2) is 11.5 Å². The van der Waals surface area contributed by atoms with Crippen molar-refractivity contribution < 1.29 is 9.32 Å². The van der Waals surface area contributed by atoms with Gasteiger partial charge in [-0.15, -0.1) is 0 Å². The number of anilines is 2. The van der Waals surface area contributed by atoms with Crippen LogP contribution in [0, 0.1) is 0 Å². The van der Waals surface area contributed by atoms with Crippen LogP contribution in [0.5, 0.6) is 0 Å². The van der Waals surface area contributed by atoms with Crippen molar-refractivity contribution in [3.63, 3.8) is 0 Å². The molecule has 0 radical (unpaired) electrons. The summed E-state index contributed by atoms with van der Waals surface area (Å²) >= 11 is 0. The summed E-state index contributed by atoms with van der Waals surface area (Å²) < 4.78 is 5.81. The molecular weight excluding hydrogens is 338 g/mol. The van der Waals surface area contributed by atoms with Crippen LogP contribution in [0.3, 0.4) is 0 Å². The molecule has 2 aromatic carbocycles. The molecule has 1 aliphatic carbocycles. The Hall–Kier alpha value is -2.82. The lowest BCUT2D eigenvalue weighted by Crippen LogP contribution is -2.30. The van der Waals surface area contributed by atoms with Gasteiger partial charge in [-0.2, -0.15) is 0 Å². The van der Waals surface area contributed by atoms with E-state index in [0.717, 1.165) is 40.9 Å². The minimum Gasteiger partial charge on any atom is -0.382 e. The number of benzene rings is 2. The monoisotopic (exact) mass is 361 g/mol. The van der Waals surface area contributed by atoms with Crippen molar-refractivity contribution in [3.8, 4) is 11.3 Å². The van der Waals surface area contributed by atoms with Crippen molar-refractivity contribution in [1.82, 2.24) is 5.16 Å². The molecule has 1 fully saturated rings. The molecule has 0 atom stereocenters. The van der Waals surface area contributed by atoms with Gasteiger partial charge in [0.2, 0.25) is 0 Å². The predicted molar refractivity (Wildman–Crippen MR) is 108 cm³/mol. The van der Waals surface area contributed by atoms with Crippen molar-refractivity contribution in [2.24, 2.45) is 0 Å². The van der Waals surface area contributed by atoms with Crippen LogP contribution in [-0.2, 0) is 0 Å². The highest BCUT2D eigenvalue weighted by Crippen LogP contribution is 2.46. The average Bonchev–Trinajstić information content (AvgIpc) is 3.12. The van der Waals surface area contributed by atoms with E-state index >= 15 is 0 Å². The zero-order valence-electron chi connectivity index (χ0n) is 15.7. The maximum absolute atomic E-state index is 13.4. The van der Waals surface area contributed by atoms with Crippen LogP contribution in [0.4, 0.5) is 11.4 Å². The third-order valence-corrected chi connectivity index (χ3v) is 5.52. The minimum absolute atomic E-state index is 0.0413. The van der Waals surface area contributed by atoms with Crippen molar-refractivity contribution in [1.29, 1.82) is 0 Å². The second kappa shape index (κ2) is 6.12. The lowest BCUT2D eigenvalue weighted by Gasteiger charge is -2.30. The van der Waals surface area contributed by atoms with E-state index in [1.54, 1.807) is 0 Å². The Bertz CT molecular complexity index is 1050. The number of carbonyl (C=O) groups excluding carboxylic acids is 1. The molecule has 5 nitrogen and oxygen atoms in total. The maximum atomic E-state index is 13.4. The quantitative estimate of drug-likeness (QED) is 0.565. The van der Waals surface area contributed by atoms with Gasteiger partial charge in [0.05, 0.1) is 16.6 Å². The Morgan fingerprint density at radius 3 is 2.59 bits per heavy atom. The van der Waals surface area contributed by atoms with E-state index in [1.807, 2.05) is 24.3 Å². The molecule has 1 N–H and O–H groups in total. The fourth-order valence-electron chi connectivity index (χ4n) is 4.34. The molecule has 0 unspecified atom stereocenters. The van der Waals surface area contributed by atoms with E-state index in [-0.39, 0.29) is 11.8 Å². The van der Waals surface area contributed by atoms with E-state index in [9.17, 15) is 4.79 Å². The molecule has 1 saturated heterocycles. The maximum Gasteiger partial charge on any atom is 0.196 e. The predicted octanol–water partition coefficient (Wildman–Crippen LogP) is 4.85. The Kier molecular flexibility index (Phi) is 3.71. The van der Waals surface area contributed by atoms with E-state index < -0.39 is 0 Å². The van der Waals surface area contributed by atoms with E-state index in [2.05, 4.69) is 35.3 Å². The molecule has 1 aromatic heterocycles. The van der Waals surface area contributed by atoms with E-state index in [1.165, 1.54) is 19.3 Å². The summed E-state index contributed by atoms with van der Waals surface area (Å²) in [6.07, 6.45) is 3.63. The molecule has 0 saturated carbocycles. The zero-order valence-corrected chi connectivity index (χ0v) is 15.7. The molecule has 5 rings (SSSR count). The number of hydrogen-bond donors (Lipinski definition) is 1. The summed E-state index contributed by atoms with van der Waals surface area (Å²) in [5.74, 6) is 0.750. The Labute approximate surface area is 158 Å². The fraction of sp³-hybridized carbons (Fsp3) is 0.364. The first-order valence-electron chi connectivity index (χ1n) is 9.77. The van der Waals surface area contributed by atoms with Gasteiger partial charge in [-0.1, -0.05) is 29.4 Å². The Morgan fingerprint density at radius 1 is 1.11 bits per heavy atom. The van der Waals surface area contributed by atoms with E-state index in [0.29, 0.717) is 16.9 Å². The molecule has 0 bridgehead atoms. The number of fused-ring (bicyclic) bond motifs is 2. The summed E-state index contributed by atoms with van der Waals surface area (Å²) in [5.41, 5.74) is 4.96. The van der Waals surface area contributed by atoms with Crippen LogP contribution in [-0.4, -0.2) is 30.1 Å². The summed E-state index contributed by atoms with van der Waals surface area (Å²) in [5, 5.41) is 8.77. The van der Waals surface area contributed by atoms with Crippen LogP contribution < -0.4 is 10.2 Å². The standard InChI is InChI=1S/C22H23N3O2/c1-13(2)23-16-12-17(25-10-6-3-7-11-25)20-19-18(16)21(26)14-8-4-5-9-15(14)22(19)27-24-20/h4-5,8-9,12-13,23H,3,6-7,10-11H2,1-2H3. The number of nitrogens with one attached hydrogen (secondary N) is 1. The molecule has 0 spiro atoms. The summed E-state index contributed by atoms with van der Waals surface area (Å²) in [4.78, 5) is 15.7. The number of piperidine rings is 1. The van der Waals surface area contributed by atoms with E-state index in [4.69, 9.17) is 4.52 Å². The van der Waals surface area contributed by atoms with Gasteiger partial charge in [0.1, 0.15) is 5.52 Å². The Balaban J connectivity index is 1.82. The molecule has 2 heterocycles. The smallest absolute Gasteiger partial charge is 0.196 e. The molecule has 27 heavy (non-hydrogen) atoms. The van der Waals surface area contributed by atoms with Crippen LogP contribution in [0.2, 0.25) is 0 Å². The molecule has 5 heteroatoms. The first kappa shape index (κ1) is 16.4. The van der Waals surface area contributed by atoms with Crippen LogP contribution in [0.1, 0.15) is 49.0 Å². The van der Waals surface area contributed by atoms with Crippen molar-refractivity contribution in [2.75, 3.05) is 23.3 Å². The van der Waals surface area contributed by atoms with Gasteiger partial charge >= 0.3 is 0 Å². The highest BCUT2D eigenvalue weighted by molar-refractivity contribution is 6.28. The van der Waals surface area contributed by atoms with Crippen molar-refractivity contribution in [3.05, 3.63) is 41.5 Å². The summed E-state index contributed by atoms with van der Waals surface area (Å²) in [6.45, 7) is 6.21. The van der Waals surface area contributed by atoms with Crippen LogP contribution in [0.25, 0.3) is 22.2 Å². The number of rotatable bonds is 3. The SMILES string of the molecule is CC(C)Nc1cc(N2CCCCC2)c2noc3c2c1C(=O)c1ccccc1-3. The molecular formula is C22H23N3O2. The topological polar surface area (TPSA) is 58.4 Å². The minimum atomic E-state index is 0.0413. The van der Waals surface area contributed by atoms with Crippen LogP contribution in [0.15, 0.2) is 34.9 Å². The van der Waals surface area contributed by atoms with Gasteiger partial charge in [0, 0.05) is 35.9 Å². The summed E-state index contributed by atoms with van der Waals surface area (Å²) in [6, 6.07) is 9.97. The van der Waals surface area contributed by atoms with Crippen molar-refractivity contribution in [2.45, 2.75) is 39.2 Å². The third-order valence-electron chi connectivity index (χ3n) is 5.52. The number of nitrogens with zero attached hydrogens (tertiary/aromatic N) is 2. The highest BCUT2D eigenvalue weighted by Gasteiger charge is 2.33. The fourth-order valence-corrected chi connectivity index (χ4v) is 4.34. The first-order chi connectivity index (χ1) is 13.1. The van der Waals surface area contributed by atoms with Crippen LogP contribution >= 0.6 is 0 Å². The number of hydrogen-bond acceptors (Lipinski definition) is 5. The first-order valence-corrected chi connectivity index (χ1v) is 9.77. The van der Waals surface area contributed by atoms with Crippen molar-refractivity contribution >= 4 is 28.1 Å². The Morgan fingerprint density at radius 2 is 1.85 bits per heavy atom. The third kappa shape index (κ3) is 2.45. The second-order valence-corrected chi connectivity index (χ2v) is 7.78. The zero-order chi connectivity index (χ0) is 18.5. The molecule has 138 valence electrons. The van der Waals surface area contributed by atoms with Gasteiger partial charge in [-0.25, -0.2) is 0 Å². The number of aromatic nitrogens is 1. The number of ketones is 1. The van der Waals surface area contributed by atoms with Gasteiger partial charge in [-0.05, 0) is 39.2 Å². The molecule has 0 amide bonds. The average molecular weight is 361 g/mol. The van der Waals surface area contributed by atoms with Gasteiger partial charge < -0.3 is 14.7 Å². The normalized spacial score (nSPS) is 16.1. The highest BCUT2D eigenvalue weighted by atomic mass is 16.5. The lowest BCUT2D eigenvalue weighted by atomic mass is 9.86.